The number of amides is 1. The normalized spacial score (nSPS) is 25.1. The van der Waals surface area contributed by atoms with Crippen LogP contribution in [-0.4, -0.2) is 24.8 Å². The number of piperidine rings is 1. The molecular weight excluding hydrogens is 244 g/mol. The molecule has 0 spiro atoms. The van der Waals surface area contributed by atoms with Crippen LogP contribution >= 0.6 is 0 Å². The van der Waals surface area contributed by atoms with Gasteiger partial charge in [0.1, 0.15) is 0 Å². The van der Waals surface area contributed by atoms with Crippen molar-refractivity contribution < 1.29 is 14.3 Å². The van der Waals surface area contributed by atoms with Crippen molar-refractivity contribution in [3.63, 3.8) is 0 Å². The van der Waals surface area contributed by atoms with Crippen LogP contribution in [0.25, 0.3) is 0 Å². The van der Waals surface area contributed by atoms with E-state index in [9.17, 15) is 4.79 Å². The summed E-state index contributed by atoms with van der Waals surface area (Å²) in [5, 5.41) is 6.24. The maximum Gasteiger partial charge on any atom is 0.244 e. The largest absolute Gasteiger partial charge is 0.454 e. The summed E-state index contributed by atoms with van der Waals surface area (Å²) in [6.45, 7) is 3.09. The smallest absolute Gasteiger partial charge is 0.244 e. The van der Waals surface area contributed by atoms with Crippen LogP contribution in [0.4, 0.5) is 5.69 Å². The van der Waals surface area contributed by atoms with Crippen molar-refractivity contribution in [2.24, 2.45) is 0 Å². The van der Waals surface area contributed by atoms with Crippen LogP contribution in [0.5, 0.6) is 11.5 Å². The van der Waals surface area contributed by atoms with Crippen molar-refractivity contribution in [1.29, 1.82) is 0 Å². The lowest BCUT2D eigenvalue weighted by Crippen LogP contribution is -2.54. The molecule has 102 valence electrons. The second kappa shape index (κ2) is 4.74. The maximum absolute atomic E-state index is 12.3. The fourth-order valence-electron chi connectivity index (χ4n) is 2.49. The molecule has 1 aromatic carbocycles. The van der Waals surface area contributed by atoms with Gasteiger partial charge in [-0.25, -0.2) is 0 Å². The highest BCUT2D eigenvalue weighted by Gasteiger charge is 2.34. The molecule has 0 radical (unpaired) electrons. The predicted octanol–water partition coefficient (Wildman–Crippen LogP) is 1.89. The van der Waals surface area contributed by atoms with Crippen LogP contribution in [0.1, 0.15) is 26.2 Å². The highest BCUT2D eigenvalue weighted by molar-refractivity contribution is 5.98. The lowest BCUT2D eigenvalue weighted by molar-refractivity contribution is -0.122. The second-order valence-electron chi connectivity index (χ2n) is 5.24. The summed E-state index contributed by atoms with van der Waals surface area (Å²) in [7, 11) is 0. The van der Waals surface area contributed by atoms with Crippen LogP contribution in [0.3, 0.4) is 0 Å². The molecule has 2 aliphatic rings. The predicted molar refractivity (Wildman–Crippen MR) is 71.5 cm³/mol. The van der Waals surface area contributed by atoms with Gasteiger partial charge in [-0.15, -0.1) is 0 Å². The highest BCUT2D eigenvalue weighted by atomic mass is 16.7. The Morgan fingerprint density at radius 3 is 2.95 bits per heavy atom. The molecule has 2 aliphatic heterocycles. The Morgan fingerprint density at radius 2 is 2.16 bits per heavy atom. The second-order valence-corrected chi connectivity index (χ2v) is 5.24. The van der Waals surface area contributed by atoms with Crippen molar-refractivity contribution in [2.75, 3.05) is 18.7 Å². The topological polar surface area (TPSA) is 59.6 Å². The van der Waals surface area contributed by atoms with E-state index in [1.54, 1.807) is 6.07 Å². The number of anilines is 1. The van der Waals surface area contributed by atoms with E-state index in [1.807, 2.05) is 19.1 Å². The quantitative estimate of drug-likeness (QED) is 0.854. The Labute approximate surface area is 112 Å². The number of carbonyl (C=O) groups excluding carboxylic acids is 1. The third kappa shape index (κ3) is 2.38. The first-order chi connectivity index (χ1) is 9.17. The minimum atomic E-state index is -0.478. The number of benzene rings is 1. The van der Waals surface area contributed by atoms with E-state index in [4.69, 9.17) is 9.47 Å². The molecule has 2 heterocycles. The lowest BCUT2D eigenvalue weighted by Gasteiger charge is -2.33. The van der Waals surface area contributed by atoms with Crippen LogP contribution < -0.4 is 20.1 Å². The van der Waals surface area contributed by atoms with Crippen LogP contribution in [0.2, 0.25) is 0 Å². The first-order valence-corrected chi connectivity index (χ1v) is 6.63. The van der Waals surface area contributed by atoms with Gasteiger partial charge in [0.15, 0.2) is 11.5 Å². The number of hydrogen-bond donors (Lipinski definition) is 2. The number of hydrogen-bond acceptors (Lipinski definition) is 4. The molecule has 1 unspecified atom stereocenters. The molecule has 1 amide bonds. The molecular formula is C14H18N2O3. The first-order valence-electron chi connectivity index (χ1n) is 6.63. The summed E-state index contributed by atoms with van der Waals surface area (Å²) in [4.78, 5) is 12.3. The zero-order valence-electron chi connectivity index (χ0n) is 11.0. The molecule has 0 bridgehead atoms. The number of carbonyl (C=O) groups is 1. The minimum Gasteiger partial charge on any atom is -0.454 e. The van der Waals surface area contributed by atoms with Gasteiger partial charge in [-0.1, -0.05) is 0 Å². The van der Waals surface area contributed by atoms with Crippen molar-refractivity contribution in [3.8, 4) is 11.5 Å². The molecule has 19 heavy (non-hydrogen) atoms. The third-order valence-electron chi connectivity index (χ3n) is 3.75. The van der Waals surface area contributed by atoms with E-state index in [0.717, 1.165) is 37.2 Å². The van der Waals surface area contributed by atoms with Gasteiger partial charge in [0.05, 0.1) is 5.54 Å². The molecule has 3 rings (SSSR count). The molecule has 5 nitrogen and oxygen atoms in total. The van der Waals surface area contributed by atoms with Crippen LogP contribution in [0.15, 0.2) is 18.2 Å². The zero-order chi connectivity index (χ0) is 13.3. The van der Waals surface area contributed by atoms with Crippen molar-refractivity contribution >= 4 is 11.6 Å². The van der Waals surface area contributed by atoms with Crippen molar-refractivity contribution in [1.82, 2.24) is 5.32 Å². The standard InChI is InChI=1S/C14H18N2O3/c1-14(6-2-3-7-15-14)13(17)16-10-4-5-11-12(8-10)19-9-18-11/h4-5,8,15H,2-3,6-7,9H2,1H3,(H,16,17). The van der Waals surface area contributed by atoms with Gasteiger partial charge < -0.3 is 20.1 Å². The van der Waals surface area contributed by atoms with Gasteiger partial charge in [0.2, 0.25) is 12.7 Å². The Balaban J connectivity index is 1.72. The summed E-state index contributed by atoms with van der Waals surface area (Å²) in [5.41, 5.74) is 0.261. The van der Waals surface area contributed by atoms with E-state index in [1.165, 1.54) is 0 Å². The van der Waals surface area contributed by atoms with Crippen LogP contribution in [-0.2, 0) is 4.79 Å². The zero-order valence-corrected chi connectivity index (χ0v) is 11.0. The Bertz CT molecular complexity index is 495. The highest BCUT2D eigenvalue weighted by Crippen LogP contribution is 2.34. The summed E-state index contributed by atoms with van der Waals surface area (Å²) in [5.74, 6) is 1.41. The van der Waals surface area contributed by atoms with Gasteiger partial charge in [-0.3, -0.25) is 4.79 Å². The summed E-state index contributed by atoms with van der Waals surface area (Å²) >= 11 is 0. The first kappa shape index (κ1) is 12.3. The number of rotatable bonds is 2. The van der Waals surface area contributed by atoms with E-state index < -0.39 is 5.54 Å². The van der Waals surface area contributed by atoms with Gasteiger partial charge >= 0.3 is 0 Å². The Kier molecular flexibility index (Phi) is 3.06. The van der Waals surface area contributed by atoms with Gasteiger partial charge in [0.25, 0.3) is 0 Å². The number of fused-ring (bicyclic) bond motifs is 1. The molecule has 0 aromatic heterocycles. The molecule has 2 N–H and O–H groups in total. The molecule has 0 saturated carbocycles. The van der Waals surface area contributed by atoms with Gasteiger partial charge in [-0.05, 0) is 44.9 Å². The minimum absolute atomic E-state index is 0.00562. The van der Waals surface area contributed by atoms with E-state index in [2.05, 4.69) is 10.6 Å². The Morgan fingerprint density at radius 1 is 1.32 bits per heavy atom. The van der Waals surface area contributed by atoms with E-state index in [0.29, 0.717) is 5.75 Å². The van der Waals surface area contributed by atoms with Gasteiger partial charge in [0, 0.05) is 11.8 Å². The molecule has 1 atom stereocenters. The fraction of sp³-hybridized carbons (Fsp3) is 0.500. The molecule has 1 aromatic rings. The van der Waals surface area contributed by atoms with Crippen molar-refractivity contribution in [3.05, 3.63) is 18.2 Å². The van der Waals surface area contributed by atoms with Crippen LogP contribution in [0, 0.1) is 0 Å². The Hall–Kier alpha value is -1.75. The summed E-state index contributed by atoms with van der Waals surface area (Å²) < 4.78 is 10.5. The average Bonchev–Trinajstić information content (AvgIpc) is 2.87. The lowest BCUT2D eigenvalue weighted by atomic mass is 9.90. The third-order valence-corrected chi connectivity index (χ3v) is 3.75. The number of ether oxygens (including phenoxy) is 2. The van der Waals surface area contributed by atoms with Gasteiger partial charge in [-0.2, -0.15) is 0 Å². The van der Waals surface area contributed by atoms with E-state index in [-0.39, 0.29) is 12.7 Å². The molecule has 1 fully saturated rings. The maximum atomic E-state index is 12.3. The molecule has 5 heteroatoms. The summed E-state index contributed by atoms with van der Waals surface area (Å²) in [6, 6.07) is 5.44. The van der Waals surface area contributed by atoms with Crippen molar-refractivity contribution in [2.45, 2.75) is 31.7 Å². The SMILES string of the molecule is CC1(C(=O)Nc2ccc3c(c2)OCO3)CCCCN1. The average molecular weight is 262 g/mol. The van der Waals surface area contributed by atoms with E-state index >= 15 is 0 Å². The fourth-order valence-corrected chi connectivity index (χ4v) is 2.49. The molecule has 0 aliphatic carbocycles. The summed E-state index contributed by atoms with van der Waals surface area (Å²) in [6.07, 6.45) is 3.08. The monoisotopic (exact) mass is 262 g/mol. The number of nitrogens with one attached hydrogen (secondary N) is 2. The molecule has 1 saturated heterocycles.